The van der Waals surface area contributed by atoms with Crippen molar-refractivity contribution in [2.75, 3.05) is 61.9 Å². The van der Waals surface area contributed by atoms with Crippen LogP contribution in [0.25, 0.3) is 11.2 Å². The third-order valence-electron chi connectivity index (χ3n) is 6.56. The fraction of sp³-hybridized carbons (Fsp3) is 0.478. The summed E-state index contributed by atoms with van der Waals surface area (Å²) in [6.07, 6.45) is 5.78. The quantitative estimate of drug-likeness (QED) is 0.566. The van der Waals surface area contributed by atoms with E-state index in [1.54, 1.807) is 12.1 Å². The van der Waals surface area contributed by atoms with E-state index in [0.717, 1.165) is 61.9 Å². The first kappa shape index (κ1) is 21.2. The lowest BCUT2D eigenvalue weighted by Gasteiger charge is -2.36. The van der Waals surface area contributed by atoms with E-state index < -0.39 is 9.84 Å². The van der Waals surface area contributed by atoms with Gasteiger partial charge in [-0.2, -0.15) is 0 Å². The lowest BCUT2D eigenvalue weighted by molar-refractivity contribution is 0.324. The highest BCUT2D eigenvalue weighted by Gasteiger charge is 2.20. The van der Waals surface area contributed by atoms with E-state index >= 15 is 0 Å². The molecule has 0 amide bonds. The molecule has 4 heterocycles. The summed E-state index contributed by atoms with van der Waals surface area (Å²) in [5.41, 5.74) is 2.96. The molecule has 0 atom stereocenters. The van der Waals surface area contributed by atoms with Crippen LogP contribution in [0.5, 0.6) is 0 Å². The summed E-state index contributed by atoms with van der Waals surface area (Å²) < 4.78 is 25.6. The number of rotatable bonds is 6. The Labute approximate surface area is 189 Å². The minimum atomic E-state index is -3.16. The summed E-state index contributed by atoms with van der Waals surface area (Å²) in [6.45, 7) is 7.90. The molecule has 32 heavy (non-hydrogen) atoms. The molecule has 0 N–H and O–H groups in total. The van der Waals surface area contributed by atoms with Crippen molar-refractivity contribution in [1.82, 2.24) is 19.4 Å². The molecule has 9 heteroatoms. The fourth-order valence-corrected chi connectivity index (χ4v) is 5.27. The monoisotopic (exact) mass is 454 g/mol. The van der Waals surface area contributed by atoms with Crippen molar-refractivity contribution in [3.8, 4) is 0 Å². The number of aromatic nitrogens is 3. The lowest BCUT2D eigenvalue weighted by atomic mass is 10.2. The van der Waals surface area contributed by atoms with E-state index in [1.165, 1.54) is 32.2 Å². The molecule has 2 aliphatic rings. The third kappa shape index (κ3) is 4.45. The highest BCUT2D eigenvalue weighted by atomic mass is 32.2. The Morgan fingerprint density at radius 1 is 0.844 bits per heavy atom. The molecule has 0 saturated carbocycles. The van der Waals surface area contributed by atoms with Gasteiger partial charge in [-0.05, 0) is 62.3 Å². The maximum absolute atomic E-state index is 11.7. The molecule has 2 aliphatic heterocycles. The Hall–Kier alpha value is -2.65. The van der Waals surface area contributed by atoms with Crippen molar-refractivity contribution < 1.29 is 8.42 Å². The molecule has 170 valence electrons. The van der Waals surface area contributed by atoms with E-state index in [0.29, 0.717) is 4.90 Å². The number of likely N-dealkylation sites (tertiary alicyclic amines) is 1. The maximum Gasteiger partial charge on any atom is 0.179 e. The van der Waals surface area contributed by atoms with E-state index in [9.17, 15) is 8.42 Å². The molecule has 5 rings (SSSR count). The van der Waals surface area contributed by atoms with Crippen LogP contribution in [0.15, 0.2) is 47.6 Å². The molecule has 0 radical (unpaired) electrons. The van der Waals surface area contributed by atoms with Crippen LogP contribution >= 0.6 is 0 Å². The molecular formula is C23H30N6O2S. The zero-order valence-corrected chi connectivity index (χ0v) is 19.3. The topological polar surface area (TPSA) is 74.6 Å². The third-order valence-corrected chi connectivity index (χ3v) is 7.69. The van der Waals surface area contributed by atoms with Gasteiger partial charge in [0.05, 0.1) is 16.7 Å². The largest absolute Gasteiger partial charge is 0.368 e. The predicted molar refractivity (Wildman–Crippen MR) is 127 cm³/mol. The first-order valence-corrected chi connectivity index (χ1v) is 13.2. The molecule has 0 unspecified atom stereocenters. The second-order valence-electron chi connectivity index (χ2n) is 8.74. The summed E-state index contributed by atoms with van der Waals surface area (Å²) in [4.78, 5) is 16.8. The smallest absolute Gasteiger partial charge is 0.179 e. The lowest BCUT2D eigenvalue weighted by Crippen LogP contribution is -2.46. The number of imidazole rings is 1. The van der Waals surface area contributed by atoms with Gasteiger partial charge in [-0.25, -0.2) is 18.4 Å². The van der Waals surface area contributed by atoms with Crippen LogP contribution in [0.1, 0.15) is 12.8 Å². The number of hydrogen-bond acceptors (Lipinski definition) is 7. The van der Waals surface area contributed by atoms with Crippen LogP contribution < -0.4 is 9.80 Å². The zero-order chi connectivity index (χ0) is 22.1. The van der Waals surface area contributed by atoms with E-state index in [1.807, 2.05) is 18.5 Å². The van der Waals surface area contributed by atoms with Gasteiger partial charge in [-0.1, -0.05) is 0 Å². The van der Waals surface area contributed by atoms with Gasteiger partial charge in [0, 0.05) is 51.2 Å². The van der Waals surface area contributed by atoms with Crippen LogP contribution in [0.3, 0.4) is 0 Å². The average Bonchev–Trinajstić information content (AvgIpc) is 3.47. The summed E-state index contributed by atoms with van der Waals surface area (Å²) >= 11 is 0. The molecule has 0 aliphatic carbocycles. The van der Waals surface area contributed by atoms with Crippen LogP contribution in [-0.2, 0) is 16.4 Å². The number of hydrogen-bond donors (Lipinski definition) is 0. The van der Waals surface area contributed by atoms with Crippen molar-refractivity contribution >= 4 is 32.5 Å². The van der Waals surface area contributed by atoms with Crippen LogP contribution in [0.2, 0.25) is 0 Å². The molecule has 8 nitrogen and oxygen atoms in total. The molecule has 2 fully saturated rings. The Morgan fingerprint density at radius 3 is 2.22 bits per heavy atom. The van der Waals surface area contributed by atoms with Crippen LogP contribution in [-0.4, -0.2) is 79.9 Å². The van der Waals surface area contributed by atoms with Gasteiger partial charge in [0.25, 0.3) is 0 Å². The maximum atomic E-state index is 11.7. The normalized spacial score (nSPS) is 18.0. The number of anilines is 2. The molecule has 2 saturated heterocycles. The van der Waals surface area contributed by atoms with Gasteiger partial charge in [-0.3, -0.25) is 0 Å². The van der Waals surface area contributed by atoms with Crippen molar-refractivity contribution in [3.63, 3.8) is 0 Å². The van der Waals surface area contributed by atoms with Gasteiger partial charge < -0.3 is 19.3 Å². The molecule has 3 aromatic rings. The molecule has 2 aromatic heterocycles. The molecule has 0 spiro atoms. The Kier molecular flexibility index (Phi) is 5.77. The Bertz CT molecular complexity index is 1180. The minimum absolute atomic E-state index is 0.359. The second kappa shape index (κ2) is 8.71. The van der Waals surface area contributed by atoms with E-state index in [4.69, 9.17) is 4.98 Å². The molecule has 0 bridgehead atoms. The number of nitrogens with zero attached hydrogens (tertiary/aromatic N) is 6. The standard InChI is InChI=1S/C23H30N6O2S/c1-32(30,31)20-6-4-19(5-7-20)27-14-16-28(17-15-27)22-9-8-21-23(25-22)24-18-29(21)13-12-26-10-2-3-11-26/h4-9,18H,2-3,10-17H2,1H3. The summed E-state index contributed by atoms with van der Waals surface area (Å²) in [6, 6.07) is 11.4. The van der Waals surface area contributed by atoms with Gasteiger partial charge >= 0.3 is 0 Å². The van der Waals surface area contributed by atoms with Gasteiger partial charge in [0.1, 0.15) is 5.82 Å². The highest BCUT2D eigenvalue weighted by molar-refractivity contribution is 7.90. The van der Waals surface area contributed by atoms with Crippen molar-refractivity contribution in [2.45, 2.75) is 24.3 Å². The molecular weight excluding hydrogens is 424 g/mol. The number of piperazine rings is 1. The predicted octanol–water partition coefficient (Wildman–Crippen LogP) is 2.26. The first-order valence-electron chi connectivity index (χ1n) is 11.3. The second-order valence-corrected chi connectivity index (χ2v) is 10.8. The Morgan fingerprint density at radius 2 is 1.53 bits per heavy atom. The van der Waals surface area contributed by atoms with Crippen LogP contribution in [0, 0.1) is 0 Å². The van der Waals surface area contributed by atoms with Crippen LogP contribution in [0.4, 0.5) is 11.5 Å². The van der Waals surface area contributed by atoms with Gasteiger partial charge in [0.2, 0.25) is 0 Å². The van der Waals surface area contributed by atoms with E-state index in [2.05, 4.69) is 36.4 Å². The fourth-order valence-electron chi connectivity index (χ4n) is 4.64. The van der Waals surface area contributed by atoms with Crippen molar-refractivity contribution in [2.24, 2.45) is 0 Å². The summed E-state index contributed by atoms with van der Waals surface area (Å²) in [7, 11) is -3.16. The molecule has 1 aromatic carbocycles. The summed E-state index contributed by atoms with van der Waals surface area (Å²) in [5, 5.41) is 0. The first-order chi connectivity index (χ1) is 15.5. The zero-order valence-electron chi connectivity index (χ0n) is 18.5. The SMILES string of the molecule is CS(=O)(=O)c1ccc(N2CCN(c3ccc4c(ncn4CCN4CCCC4)n3)CC2)cc1. The average molecular weight is 455 g/mol. The number of fused-ring (bicyclic) bond motifs is 1. The van der Waals surface area contributed by atoms with Crippen molar-refractivity contribution in [1.29, 1.82) is 0 Å². The van der Waals surface area contributed by atoms with Gasteiger partial charge in [-0.15, -0.1) is 0 Å². The number of pyridine rings is 1. The number of sulfone groups is 1. The number of benzene rings is 1. The van der Waals surface area contributed by atoms with E-state index in [-0.39, 0.29) is 0 Å². The highest BCUT2D eigenvalue weighted by Crippen LogP contribution is 2.23. The van der Waals surface area contributed by atoms with Crippen molar-refractivity contribution in [3.05, 3.63) is 42.7 Å². The van der Waals surface area contributed by atoms with Gasteiger partial charge in [0.15, 0.2) is 15.5 Å². The Balaban J connectivity index is 1.22. The summed E-state index contributed by atoms with van der Waals surface area (Å²) in [5.74, 6) is 0.967. The minimum Gasteiger partial charge on any atom is -0.368 e.